The van der Waals surface area contributed by atoms with Crippen molar-refractivity contribution in [3.05, 3.63) is 54.3 Å². The molecule has 0 saturated carbocycles. The number of aldehydes is 1. The number of halogens is 1. The summed E-state index contributed by atoms with van der Waals surface area (Å²) in [6.07, 6.45) is 2.53. The maximum atomic E-state index is 14.7. The Morgan fingerprint density at radius 2 is 1.78 bits per heavy atom. The quantitative estimate of drug-likeness (QED) is 0.523. The van der Waals surface area contributed by atoms with Crippen molar-refractivity contribution in [2.75, 3.05) is 53.2 Å². The molecule has 2 fully saturated rings. The van der Waals surface area contributed by atoms with E-state index in [0.29, 0.717) is 42.4 Å². The number of phenolic OH excluding ortho intramolecular Hbond substituents is 1. The Morgan fingerprint density at radius 1 is 1.00 bits per heavy atom. The van der Waals surface area contributed by atoms with Crippen molar-refractivity contribution in [1.29, 1.82) is 0 Å². The third-order valence-corrected chi connectivity index (χ3v) is 7.29. The summed E-state index contributed by atoms with van der Waals surface area (Å²) in [5, 5.41) is 18.6. The lowest BCUT2D eigenvalue weighted by Crippen LogP contribution is -2.52. The lowest BCUT2D eigenvalue weighted by atomic mass is 9.98. The second-order valence-corrected chi connectivity index (χ2v) is 9.60. The van der Waals surface area contributed by atoms with Crippen LogP contribution in [-0.2, 0) is 4.79 Å². The molecule has 2 saturated heterocycles. The van der Waals surface area contributed by atoms with Crippen LogP contribution in [0.15, 0.2) is 48.5 Å². The van der Waals surface area contributed by atoms with E-state index in [2.05, 4.69) is 26.9 Å². The molecular weight excluding hydrogens is 459 g/mol. The van der Waals surface area contributed by atoms with Gasteiger partial charge in [-0.25, -0.2) is 4.39 Å². The Labute approximate surface area is 210 Å². The number of hydrogen-bond acceptors (Lipinski definition) is 8. The van der Waals surface area contributed by atoms with E-state index in [-0.39, 0.29) is 23.5 Å². The van der Waals surface area contributed by atoms with Crippen LogP contribution in [0.2, 0.25) is 0 Å². The molecule has 2 aliphatic rings. The van der Waals surface area contributed by atoms with Crippen LogP contribution in [0.5, 0.6) is 5.75 Å². The first-order chi connectivity index (χ1) is 17.4. The minimum absolute atomic E-state index is 0.0721. The predicted molar refractivity (Wildman–Crippen MR) is 140 cm³/mol. The Kier molecular flexibility index (Phi) is 6.63. The van der Waals surface area contributed by atoms with Crippen LogP contribution in [0.25, 0.3) is 11.3 Å². The number of phenols is 1. The van der Waals surface area contributed by atoms with E-state index in [1.165, 1.54) is 6.07 Å². The number of anilines is 4. The van der Waals surface area contributed by atoms with E-state index in [1.54, 1.807) is 18.2 Å². The van der Waals surface area contributed by atoms with Crippen LogP contribution >= 0.6 is 0 Å². The number of piperidine rings is 1. The molecule has 9 heteroatoms. The summed E-state index contributed by atoms with van der Waals surface area (Å²) in [5.74, 6) is 0.324. The van der Waals surface area contributed by atoms with E-state index in [1.807, 2.05) is 29.2 Å². The van der Waals surface area contributed by atoms with E-state index < -0.39 is 0 Å². The summed E-state index contributed by atoms with van der Waals surface area (Å²) < 4.78 is 14.7. The number of nitrogens with zero attached hydrogens (tertiary/aromatic N) is 5. The van der Waals surface area contributed by atoms with Gasteiger partial charge in [-0.2, -0.15) is 0 Å². The van der Waals surface area contributed by atoms with Gasteiger partial charge in [-0.1, -0.05) is 12.1 Å². The fraction of sp³-hybridized carbons (Fsp3) is 0.370. The van der Waals surface area contributed by atoms with Crippen LogP contribution in [0.3, 0.4) is 0 Å². The topological polar surface area (TPSA) is 98.8 Å². The molecule has 8 nitrogen and oxygen atoms in total. The van der Waals surface area contributed by atoms with E-state index in [9.17, 15) is 14.3 Å². The van der Waals surface area contributed by atoms with E-state index >= 15 is 0 Å². The van der Waals surface area contributed by atoms with Gasteiger partial charge >= 0.3 is 0 Å². The lowest BCUT2D eigenvalue weighted by molar-refractivity contribution is -0.111. The molecule has 3 heterocycles. The van der Waals surface area contributed by atoms with Crippen LogP contribution < -0.4 is 20.4 Å². The van der Waals surface area contributed by atoms with Crippen LogP contribution in [-0.4, -0.2) is 60.4 Å². The highest BCUT2D eigenvalue weighted by Crippen LogP contribution is 2.34. The zero-order chi connectivity index (χ0) is 25.2. The number of nitrogen functional groups attached to an aromatic ring is 1. The standard InChI is InChI=1S/C27H31FN6O2/c1-18-16-33(20-6-7-22(28)24(14-20)32-10-8-19(17-35)9-11-32)12-13-34(18)25-15-23(30-31-27(25)29)21-4-2-3-5-26(21)36/h2-7,14-15,17-19,36H,8-13,16H2,1H3,(H2,29,31)/t18-/m0/s1. The van der Waals surface area contributed by atoms with Gasteiger partial charge in [-0.15, -0.1) is 10.2 Å². The van der Waals surface area contributed by atoms with Gasteiger partial charge in [0.25, 0.3) is 0 Å². The van der Waals surface area contributed by atoms with Gasteiger partial charge in [0.15, 0.2) is 5.82 Å². The number of carbonyl (C=O) groups excluding carboxylic acids is 1. The molecule has 1 aromatic heterocycles. The molecular formula is C27H31FN6O2. The van der Waals surface area contributed by atoms with Gasteiger partial charge in [0.1, 0.15) is 17.9 Å². The molecule has 0 amide bonds. The molecule has 5 rings (SSSR count). The number of aromatic nitrogens is 2. The number of carbonyl (C=O) groups is 1. The number of hydrogen-bond donors (Lipinski definition) is 2. The molecule has 0 bridgehead atoms. The Hall–Kier alpha value is -3.88. The lowest BCUT2D eigenvalue weighted by Gasteiger charge is -2.42. The SMILES string of the molecule is C[C@H]1CN(c2ccc(F)c(N3CCC(C=O)CC3)c2)CCN1c1cc(-c2ccccc2O)nnc1N. The molecule has 1 atom stereocenters. The smallest absolute Gasteiger partial charge is 0.169 e. The summed E-state index contributed by atoms with van der Waals surface area (Å²) in [6, 6.07) is 14.3. The van der Waals surface area contributed by atoms with Crippen LogP contribution in [0.4, 0.5) is 27.3 Å². The van der Waals surface area contributed by atoms with Gasteiger partial charge in [-0.05, 0) is 56.2 Å². The van der Waals surface area contributed by atoms with E-state index in [0.717, 1.165) is 43.6 Å². The first kappa shape index (κ1) is 23.8. The Morgan fingerprint density at radius 3 is 2.50 bits per heavy atom. The third-order valence-electron chi connectivity index (χ3n) is 7.29. The van der Waals surface area contributed by atoms with Crippen molar-refractivity contribution in [2.24, 2.45) is 5.92 Å². The molecule has 0 radical (unpaired) electrons. The summed E-state index contributed by atoms with van der Waals surface area (Å²) in [4.78, 5) is 17.6. The second kappa shape index (κ2) is 10.0. The molecule has 0 spiro atoms. The molecule has 3 N–H and O–H groups in total. The summed E-state index contributed by atoms with van der Waals surface area (Å²) >= 11 is 0. The van der Waals surface area contributed by atoms with Crippen molar-refractivity contribution in [3.8, 4) is 17.0 Å². The summed E-state index contributed by atoms with van der Waals surface area (Å²) in [6.45, 7) is 5.65. The molecule has 2 aliphatic heterocycles. The number of piperazine rings is 1. The minimum atomic E-state index is -0.234. The van der Waals surface area contributed by atoms with Gasteiger partial charge in [-0.3, -0.25) is 0 Å². The van der Waals surface area contributed by atoms with Crippen molar-refractivity contribution < 1.29 is 14.3 Å². The van der Waals surface area contributed by atoms with E-state index in [4.69, 9.17) is 5.73 Å². The monoisotopic (exact) mass is 490 g/mol. The fourth-order valence-electron chi connectivity index (χ4n) is 5.21. The number of nitrogens with two attached hydrogens (primary N) is 1. The number of rotatable bonds is 5. The molecule has 3 aromatic rings. The largest absolute Gasteiger partial charge is 0.507 e. The van der Waals surface area contributed by atoms with Crippen LogP contribution in [0, 0.1) is 11.7 Å². The van der Waals surface area contributed by atoms with Crippen molar-refractivity contribution in [2.45, 2.75) is 25.8 Å². The summed E-state index contributed by atoms with van der Waals surface area (Å²) in [5.41, 5.74) is 9.75. The predicted octanol–water partition coefficient (Wildman–Crippen LogP) is 3.70. The van der Waals surface area contributed by atoms with Gasteiger partial charge in [0.2, 0.25) is 0 Å². The van der Waals surface area contributed by atoms with Crippen LogP contribution in [0.1, 0.15) is 19.8 Å². The maximum absolute atomic E-state index is 14.7. The van der Waals surface area contributed by atoms with Gasteiger partial charge in [0.05, 0.1) is 17.1 Å². The zero-order valence-corrected chi connectivity index (χ0v) is 20.3. The average Bonchev–Trinajstić information content (AvgIpc) is 2.90. The van der Waals surface area contributed by atoms with Crippen molar-refractivity contribution >= 4 is 29.2 Å². The molecule has 0 aliphatic carbocycles. The molecule has 36 heavy (non-hydrogen) atoms. The van der Waals surface area contributed by atoms with Gasteiger partial charge in [0, 0.05) is 55.9 Å². The molecule has 2 aromatic carbocycles. The average molecular weight is 491 g/mol. The maximum Gasteiger partial charge on any atom is 0.169 e. The normalized spacial score (nSPS) is 18.9. The molecule has 188 valence electrons. The molecule has 0 unspecified atom stereocenters. The second-order valence-electron chi connectivity index (χ2n) is 9.60. The first-order valence-electron chi connectivity index (χ1n) is 12.4. The Balaban J connectivity index is 1.33. The highest BCUT2D eigenvalue weighted by molar-refractivity contribution is 5.74. The van der Waals surface area contributed by atoms with Crippen molar-refractivity contribution in [1.82, 2.24) is 10.2 Å². The third kappa shape index (κ3) is 4.65. The Bertz CT molecular complexity index is 1250. The summed E-state index contributed by atoms with van der Waals surface area (Å²) in [7, 11) is 0. The number of aromatic hydroxyl groups is 1. The fourth-order valence-corrected chi connectivity index (χ4v) is 5.21. The number of para-hydroxylation sites is 1. The number of benzene rings is 2. The first-order valence-corrected chi connectivity index (χ1v) is 12.4. The highest BCUT2D eigenvalue weighted by atomic mass is 19.1. The zero-order valence-electron chi connectivity index (χ0n) is 20.3. The van der Waals surface area contributed by atoms with Crippen molar-refractivity contribution in [3.63, 3.8) is 0 Å². The highest BCUT2D eigenvalue weighted by Gasteiger charge is 2.28. The van der Waals surface area contributed by atoms with Gasteiger partial charge < -0.3 is 30.3 Å². The minimum Gasteiger partial charge on any atom is -0.507 e.